The zero-order valence-electron chi connectivity index (χ0n) is 11.1. The third kappa shape index (κ3) is 2.97. The summed E-state index contributed by atoms with van der Waals surface area (Å²) in [6, 6.07) is 2.14. The van der Waals surface area contributed by atoms with Gasteiger partial charge in [-0.1, -0.05) is 19.3 Å². The topological polar surface area (TPSA) is 53.2 Å². The monoisotopic (exact) mass is 251 g/mol. The van der Waals surface area contributed by atoms with E-state index in [-0.39, 0.29) is 6.03 Å². The summed E-state index contributed by atoms with van der Waals surface area (Å²) in [6.45, 7) is 0. The molecule has 2 heterocycles. The third-order valence-corrected chi connectivity index (χ3v) is 4.75. The average molecular weight is 251 g/mol. The lowest BCUT2D eigenvalue weighted by atomic mass is 9.95. The van der Waals surface area contributed by atoms with Crippen molar-refractivity contribution >= 4 is 6.03 Å². The maximum atomic E-state index is 12.0. The third-order valence-electron chi connectivity index (χ3n) is 4.75. The second-order valence-electron chi connectivity index (χ2n) is 6.26. The Balaban J connectivity index is 1.43. The first-order chi connectivity index (χ1) is 8.79. The lowest BCUT2D eigenvalue weighted by molar-refractivity contribution is 0.221. The van der Waals surface area contributed by atoms with Crippen molar-refractivity contribution in [1.29, 1.82) is 0 Å². The molecule has 4 nitrogen and oxygen atoms in total. The van der Waals surface area contributed by atoms with Gasteiger partial charge < -0.3 is 16.0 Å². The second kappa shape index (κ2) is 5.47. The first-order valence-electron chi connectivity index (χ1n) is 7.62. The molecule has 2 saturated heterocycles. The van der Waals surface area contributed by atoms with Crippen LogP contribution in [0.5, 0.6) is 0 Å². The van der Waals surface area contributed by atoms with Crippen LogP contribution in [0.4, 0.5) is 4.79 Å². The molecule has 2 aliphatic heterocycles. The molecule has 2 bridgehead atoms. The van der Waals surface area contributed by atoms with Gasteiger partial charge >= 0.3 is 6.03 Å². The van der Waals surface area contributed by atoms with Crippen LogP contribution in [-0.4, -0.2) is 30.2 Å². The van der Waals surface area contributed by atoms with Gasteiger partial charge in [0.05, 0.1) is 0 Å². The summed E-state index contributed by atoms with van der Waals surface area (Å²) in [4.78, 5) is 12.0. The SMILES string of the molecule is O=C(NC1CCCCC1)NC1CC2CCC(C1)N2. The lowest BCUT2D eigenvalue weighted by Crippen LogP contribution is -2.52. The zero-order chi connectivity index (χ0) is 12.4. The van der Waals surface area contributed by atoms with Crippen LogP contribution in [0.1, 0.15) is 57.8 Å². The van der Waals surface area contributed by atoms with Gasteiger partial charge in [-0.15, -0.1) is 0 Å². The van der Waals surface area contributed by atoms with Crippen LogP contribution in [0.2, 0.25) is 0 Å². The van der Waals surface area contributed by atoms with Gasteiger partial charge in [0.25, 0.3) is 0 Å². The molecule has 3 N–H and O–H groups in total. The standard InChI is InChI=1S/C14H25N3O/c18-14(16-10-4-2-1-3-5-10)17-13-8-11-6-7-12(9-13)15-11/h10-13,15H,1-9H2,(H2,16,17,18). The quantitative estimate of drug-likeness (QED) is 0.702. The van der Waals surface area contributed by atoms with Gasteiger partial charge in [-0.25, -0.2) is 4.79 Å². The van der Waals surface area contributed by atoms with E-state index in [1.165, 1.54) is 32.1 Å². The number of rotatable bonds is 2. The molecule has 18 heavy (non-hydrogen) atoms. The summed E-state index contributed by atoms with van der Waals surface area (Å²) in [6.07, 6.45) is 11.0. The van der Waals surface area contributed by atoms with Crippen molar-refractivity contribution in [2.75, 3.05) is 0 Å². The van der Waals surface area contributed by atoms with E-state index in [2.05, 4.69) is 16.0 Å². The van der Waals surface area contributed by atoms with Crippen molar-refractivity contribution in [3.05, 3.63) is 0 Å². The van der Waals surface area contributed by atoms with E-state index in [0.29, 0.717) is 24.2 Å². The molecule has 1 saturated carbocycles. The largest absolute Gasteiger partial charge is 0.335 e. The normalized spacial score (nSPS) is 36.3. The van der Waals surface area contributed by atoms with Gasteiger partial charge in [-0.3, -0.25) is 0 Å². The highest BCUT2D eigenvalue weighted by atomic mass is 16.2. The zero-order valence-corrected chi connectivity index (χ0v) is 11.1. The molecule has 1 aliphatic carbocycles. The van der Waals surface area contributed by atoms with E-state index < -0.39 is 0 Å². The Morgan fingerprint density at radius 1 is 0.833 bits per heavy atom. The smallest absolute Gasteiger partial charge is 0.315 e. The highest BCUT2D eigenvalue weighted by Crippen LogP contribution is 2.26. The number of amides is 2. The summed E-state index contributed by atoms with van der Waals surface area (Å²) in [5, 5.41) is 9.93. The van der Waals surface area contributed by atoms with E-state index >= 15 is 0 Å². The molecule has 0 aromatic heterocycles. The first-order valence-corrected chi connectivity index (χ1v) is 7.62. The Morgan fingerprint density at radius 2 is 1.44 bits per heavy atom. The van der Waals surface area contributed by atoms with Crippen molar-refractivity contribution in [2.24, 2.45) is 0 Å². The Kier molecular flexibility index (Phi) is 3.73. The average Bonchev–Trinajstić information content (AvgIpc) is 2.70. The molecule has 4 heteroatoms. The minimum Gasteiger partial charge on any atom is -0.335 e. The van der Waals surface area contributed by atoms with Crippen molar-refractivity contribution in [3.8, 4) is 0 Å². The molecule has 0 spiro atoms. The Bertz CT molecular complexity index is 289. The van der Waals surface area contributed by atoms with Crippen LogP contribution in [0, 0.1) is 0 Å². The van der Waals surface area contributed by atoms with Gasteiger partial charge in [0, 0.05) is 24.2 Å². The lowest BCUT2D eigenvalue weighted by Gasteiger charge is -2.31. The second-order valence-corrected chi connectivity index (χ2v) is 6.26. The highest BCUT2D eigenvalue weighted by Gasteiger charge is 2.34. The number of hydrogen-bond acceptors (Lipinski definition) is 2. The maximum absolute atomic E-state index is 12.0. The van der Waals surface area contributed by atoms with Crippen LogP contribution in [0.25, 0.3) is 0 Å². The fourth-order valence-electron chi connectivity index (χ4n) is 3.83. The molecule has 3 aliphatic rings. The van der Waals surface area contributed by atoms with Gasteiger partial charge in [-0.2, -0.15) is 0 Å². The minimum atomic E-state index is 0.0631. The summed E-state index contributed by atoms with van der Waals surface area (Å²) < 4.78 is 0. The van der Waals surface area contributed by atoms with Crippen molar-refractivity contribution in [3.63, 3.8) is 0 Å². The number of hydrogen-bond donors (Lipinski definition) is 3. The molecular formula is C14H25N3O. The predicted molar refractivity (Wildman–Crippen MR) is 71.5 cm³/mol. The van der Waals surface area contributed by atoms with Gasteiger partial charge in [0.1, 0.15) is 0 Å². The van der Waals surface area contributed by atoms with Crippen LogP contribution in [0.3, 0.4) is 0 Å². The number of nitrogens with one attached hydrogen (secondary N) is 3. The summed E-state index contributed by atoms with van der Waals surface area (Å²) in [7, 11) is 0. The Morgan fingerprint density at radius 3 is 2.11 bits per heavy atom. The number of piperidine rings is 1. The van der Waals surface area contributed by atoms with Gasteiger partial charge in [0.2, 0.25) is 0 Å². The molecule has 102 valence electrons. The molecule has 3 fully saturated rings. The number of carbonyl (C=O) groups is 1. The van der Waals surface area contributed by atoms with E-state index in [1.54, 1.807) is 0 Å². The fraction of sp³-hybridized carbons (Fsp3) is 0.929. The summed E-state index contributed by atoms with van der Waals surface area (Å²) in [5.74, 6) is 0. The maximum Gasteiger partial charge on any atom is 0.315 e. The predicted octanol–water partition coefficient (Wildman–Crippen LogP) is 1.90. The first kappa shape index (κ1) is 12.3. The molecular weight excluding hydrogens is 226 g/mol. The fourth-order valence-corrected chi connectivity index (χ4v) is 3.83. The van der Waals surface area contributed by atoms with E-state index in [0.717, 1.165) is 25.7 Å². The minimum absolute atomic E-state index is 0.0631. The van der Waals surface area contributed by atoms with Crippen LogP contribution >= 0.6 is 0 Å². The van der Waals surface area contributed by atoms with Crippen molar-refractivity contribution in [1.82, 2.24) is 16.0 Å². The Hall–Kier alpha value is -0.770. The number of carbonyl (C=O) groups excluding carboxylic acids is 1. The molecule has 0 radical (unpaired) electrons. The number of urea groups is 1. The van der Waals surface area contributed by atoms with Crippen LogP contribution < -0.4 is 16.0 Å². The van der Waals surface area contributed by atoms with Crippen LogP contribution in [0.15, 0.2) is 0 Å². The van der Waals surface area contributed by atoms with E-state index in [1.807, 2.05) is 0 Å². The number of fused-ring (bicyclic) bond motifs is 2. The Labute approximate surface area is 109 Å². The van der Waals surface area contributed by atoms with Gasteiger partial charge in [-0.05, 0) is 38.5 Å². The van der Waals surface area contributed by atoms with Crippen molar-refractivity contribution in [2.45, 2.75) is 82.0 Å². The molecule has 2 amide bonds. The molecule has 2 atom stereocenters. The molecule has 0 aromatic rings. The van der Waals surface area contributed by atoms with Crippen LogP contribution in [-0.2, 0) is 0 Å². The van der Waals surface area contributed by atoms with E-state index in [9.17, 15) is 4.79 Å². The van der Waals surface area contributed by atoms with E-state index in [4.69, 9.17) is 0 Å². The molecule has 2 unspecified atom stereocenters. The summed E-state index contributed by atoms with van der Waals surface area (Å²) in [5.41, 5.74) is 0. The van der Waals surface area contributed by atoms with Crippen molar-refractivity contribution < 1.29 is 4.79 Å². The van der Waals surface area contributed by atoms with Gasteiger partial charge in [0.15, 0.2) is 0 Å². The molecule has 3 rings (SSSR count). The summed E-state index contributed by atoms with van der Waals surface area (Å²) >= 11 is 0. The highest BCUT2D eigenvalue weighted by molar-refractivity contribution is 5.74. The molecule has 0 aromatic carbocycles.